The maximum Gasteiger partial charge on any atom is 0.124 e. The molecule has 0 fully saturated rings. The SMILES string of the molecule is N#CCc1ccc(OCc2sccc2C#CCN)cc1. The molecule has 0 radical (unpaired) electrons. The second kappa shape index (κ2) is 7.35. The van der Waals surface area contributed by atoms with Crippen LogP contribution < -0.4 is 10.5 Å². The van der Waals surface area contributed by atoms with Gasteiger partial charge in [0.1, 0.15) is 12.4 Å². The number of hydrogen-bond acceptors (Lipinski definition) is 4. The lowest BCUT2D eigenvalue weighted by Gasteiger charge is -2.05. The fourth-order valence-electron chi connectivity index (χ4n) is 1.65. The number of hydrogen-bond donors (Lipinski definition) is 1. The minimum atomic E-state index is 0.358. The van der Waals surface area contributed by atoms with E-state index in [0.717, 1.165) is 21.8 Å². The largest absolute Gasteiger partial charge is 0.488 e. The van der Waals surface area contributed by atoms with E-state index >= 15 is 0 Å². The molecule has 0 saturated heterocycles. The van der Waals surface area contributed by atoms with E-state index in [1.165, 1.54) is 0 Å². The molecule has 1 heterocycles. The number of nitrogens with zero attached hydrogens (tertiary/aromatic N) is 1. The Bertz CT molecular complexity index is 656. The standard InChI is InChI=1S/C16H14N2OS/c17-9-1-2-14-8-11-20-16(14)12-19-15-5-3-13(4-6-15)7-10-18/h3-6,8,11H,7,9,12,17H2. The van der Waals surface area contributed by atoms with Crippen molar-refractivity contribution >= 4 is 11.3 Å². The number of rotatable bonds is 4. The van der Waals surface area contributed by atoms with Gasteiger partial charge in [0, 0.05) is 5.56 Å². The van der Waals surface area contributed by atoms with Gasteiger partial charge in [0.25, 0.3) is 0 Å². The van der Waals surface area contributed by atoms with Crippen molar-refractivity contribution in [1.29, 1.82) is 5.26 Å². The summed E-state index contributed by atoms with van der Waals surface area (Å²) in [6, 6.07) is 11.7. The van der Waals surface area contributed by atoms with Gasteiger partial charge in [0.2, 0.25) is 0 Å². The van der Waals surface area contributed by atoms with Gasteiger partial charge in [-0.25, -0.2) is 0 Å². The first-order chi connectivity index (χ1) is 9.83. The molecule has 0 spiro atoms. The minimum Gasteiger partial charge on any atom is -0.488 e. The molecule has 4 heteroatoms. The fourth-order valence-corrected chi connectivity index (χ4v) is 2.40. The second-order valence-corrected chi connectivity index (χ2v) is 5.03. The van der Waals surface area contributed by atoms with Crippen molar-refractivity contribution in [3.05, 3.63) is 51.7 Å². The summed E-state index contributed by atoms with van der Waals surface area (Å²) in [5.74, 6) is 6.67. The minimum absolute atomic E-state index is 0.358. The van der Waals surface area contributed by atoms with Gasteiger partial charge in [-0.3, -0.25) is 0 Å². The Labute approximate surface area is 122 Å². The number of nitriles is 1. The van der Waals surface area contributed by atoms with Crippen molar-refractivity contribution in [3.63, 3.8) is 0 Å². The predicted octanol–water partition coefficient (Wildman–Crippen LogP) is 2.70. The highest BCUT2D eigenvalue weighted by Gasteiger charge is 2.03. The second-order valence-electron chi connectivity index (χ2n) is 4.03. The van der Waals surface area contributed by atoms with Crippen LogP contribution in [0.1, 0.15) is 16.0 Å². The molecule has 0 amide bonds. The van der Waals surface area contributed by atoms with Gasteiger partial charge in [-0.05, 0) is 29.1 Å². The first kappa shape index (κ1) is 14.1. The van der Waals surface area contributed by atoms with Gasteiger partial charge in [0.05, 0.1) is 23.9 Å². The van der Waals surface area contributed by atoms with Gasteiger partial charge < -0.3 is 10.5 Å². The van der Waals surface area contributed by atoms with E-state index < -0.39 is 0 Å². The highest BCUT2D eigenvalue weighted by molar-refractivity contribution is 7.10. The number of thiophene rings is 1. The van der Waals surface area contributed by atoms with Gasteiger partial charge in [-0.2, -0.15) is 5.26 Å². The average Bonchev–Trinajstić information content (AvgIpc) is 2.92. The molecule has 0 bridgehead atoms. The maximum absolute atomic E-state index is 8.62. The molecule has 0 aliphatic heterocycles. The quantitative estimate of drug-likeness (QED) is 0.877. The molecule has 2 aromatic rings. The van der Waals surface area contributed by atoms with E-state index in [2.05, 4.69) is 17.9 Å². The summed E-state index contributed by atoms with van der Waals surface area (Å²) >= 11 is 1.62. The molecule has 2 rings (SSSR count). The lowest BCUT2D eigenvalue weighted by molar-refractivity contribution is 0.309. The number of benzene rings is 1. The van der Waals surface area contributed by atoms with Gasteiger partial charge in [-0.15, -0.1) is 11.3 Å². The first-order valence-electron chi connectivity index (χ1n) is 6.17. The van der Waals surface area contributed by atoms with Crippen molar-refractivity contribution in [3.8, 4) is 23.7 Å². The monoisotopic (exact) mass is 282 g/mol. The Morgan fingerprint density at radius 1 is 1.20 bits per heavy atom. The summed E-state index contributed by atoms with van der Waals surface area (Å²) < 4.78 is 5.73. The molecule has 1 aromatic carbocycles. The highest BCUT2D eigenvalue weighted by Crippen LogP contribution is 2.19. The Hall–Kier alpha value is -2.27. The normalized spacial score (nSPS) is 9.40. The molecule has 100 valence electrons. The third kappa shape index (κ3) is 3.86. The van der Waals surface area contributed by atoms with Crippen LogP contribution in [0.15, 0.2) is 35.7 Å². The molecule has 0 unspecified atom stereocenters. The lowest BCUT2D eigenvalue weighted by atomic mass is 10.2. The zero-order chi connectivity index (χ0) is 14.2. The van der Waals surface area contributed by atoms with Crippen LogP contribution in [0.25, 0.3) is 0 Å². The maximum atomic E-state index is 8.62. The van der Waals surface area contributed by atoms with Crippen molar-refractivity contribution in [2.45, 2.75) is 13.0 Å². The summed E-state index contributed by atoms with van der Waals surface area (Å²) in [6.07, 6.45) is 0.421. The van der Waals surface area contributed by atoms with Crippen LogP contribution in [-0.4, -0.2) is 6.54 Å². The number of nitrogens with two attached hydrogens (primary N) is 1. The van der Waals surface area contributed by atoms with E-state index in [0.29, 0.717) is 19.6 Å². The first-order valence-corrected chi connectivity index (χ1v) is 7.05. The van der Waals surface area contributed by atoms with Crippen LogP contribution in [0, 0.1) is 23.2 Å². The Morgan fingerprint density at radius 2 is 2.00 bits per heavy atom. The summed E-state index contributed by atoms with van der Waals surface area (Å²) in [5.41, 5.74) is 7.34. The van der Waals surface area contributed by atoms with Crippen LogP contribution in [0.2, 0.25) is 0 Å². The van der Waals surface area contributed by atoms with Crippen molar-refractivity contribution in [2.24, 2.45) is 5.73 Å². The Balaban J connectivity index is 1.98. The fraction of sp³-hybridized carbons (Fsp3) is 0.188. The molecular weight excluding hydrogens is 268 g/mol. The molecule has 3 nitrogen and oxygen atoms in total. The van der Waals surface area contributed by atoms with Crippen LogP contribution in [-0.2, 0) is 13.0 Å². The molecule has 20 heavy (non-hydrogen) atoms. The third-order valence-electron chi connectivity index (χ3n) is 2.65. The average molecular weight is 282 g/mol. The molecule has 0 saturated carbocycles. The van der Waals surface area contributed by atoms with Crippen molar-refractivity contribution in [1.82, 2.24) is 0 Å². The van der Waals surface area contributed by atoms with Gasteiger partial charge in [-0.1, -0.05) is 24.0 Å². The third-order valence-corrected chi connectivity index (χ3v) is 3.54. The zero-order valence-corrected chi connectivity index (χ0v) is 11.7. The van der Waals surface area contributed by atoms with Crippen LogP contribution in [0.5, 0.6) is 5.75 Å². The van der Waals surface area contributed by atoms with E-state index in [9.17, 15) is 0 Å². The number of ether oxygens (including phenoxy) is 1. The molecular formula is C16H14N2OS. The van der Waals surface area contributed by atoms with Gasteiger partial charge in [0.15, 0.2) is 0 Å². The van der Waals surface area contributed by atoms with E-state index in [1.54, 1.807) is 11.3 Å². The molecule has 0 aliphatic carbocycles. The van der Waals surface area contributed by atoms with Crippen molar-refractivity contribution in [2.75, 3.05) is 6.54 Å². The molecule has 0 atom stereocenters. The zero-order valence-electron chi connectivity index (χ0n) is 10.9. The van der Waals surface area contributed by atoms with Crippen LogP contribution >= 0.6 is 11.3 Å². The summed E-state index contributed by atoms with van der Waals surface area (Å²) in [6.45, 7) is 0.848. The molecule has 0 aliphatic rings. The summed E-state index contributed by atoms with van der Waals surface area (Å²) in [5, 5.41) is 10.6. The lowest BCUT2D eigenvalue weighted by Crippen LogP contribution is -1.96. The van der Waals surface area contributed by atoms with E-state index in [-0.39, 0.29) is 0 Å². The topological polar surface area (TPSA) is 59.0 Å². The smallest absolute Gasteiger partial charge is 0.124 e. The van der Waals surface area contributed by atoms with Crippen molar-refractivity contribution < 1.29 is 4.74 Å². The molecule has 2 N–H and O–H groups in total. The van der Waals surface area contributed by atoms with Crippen LogP contribution in [0.4, 0.5) is 0 Å². The van der Waals surface area contributed by atoms with Gasteiger partial charge >= 0.3 is 0 Å². The molecule has 1 aromatic heterocycles. The van der Waals surface area contributed by atoms with E-state index in [4.69, 9.17) is 15.7 Å². The Morgan fingerprint density at radius 3 is 2.70 bits per heavy atom. The van der Waals surface area contributed by atoms with Crippen LogP contribution in [0.3, 0.4) is 0 Å². The Kier molecular flexibility index (Phi) is 5.20. The predicted molar refractivity (Wildman–Crippen MR) is 80.3 cm³/mol. The summed E-state index contributed by atoms with van der Waals surface area (Å²) in [7, 11) is 0. The summed E-state index contributed by atoms with van der Waals surface area (Å²) in [4.78, 5) is 1.09. The van der Waals surface area contributed by atoms with E-state index in [1.807, 2.05) is 35.7 Å². The highest BCUT2D eigenvalue weighted by atomic mass is 32.1.